The van der Waals surface area contributed by atoms with E-state index >= 15 is 0 Å². The molecule has 2 saturated heterocycles. The molecule has 3 atom stereocenters. The van der Waals surface area contributed by atoms with E-state index in [-0.39, 0.29) is 12.3 Å². The second kappa shape index (κ2) is 14.1. The average Bonchev–Trinajstić information content (AvgIpc) is 2.95. The number of aliphatic hydroxyl groups is 2. The number of nitrogens with zero attached hydrogens (tertiary/aromatic N) is 4. The Hall–Kier alpha value is -2.22. The minimum Gasteiger partial charge on any atom is -0.494 e. The summed E-state index contributed by atoms with van der Waals surface area (Å²) in [6, 6.07) is 0. The molecule has 2 aliphatic carbocycles. The number of aliphatic hydroxyl groups excluding tert-OH is 2. The molecule has 0 bridgehead atoms. The summed E-state index contributed by atoms with van der Waals surface area (Å²) < 4.78 is 6.19. The second-order valence-electron chi connectivity index (χ2n) is 10.9. The molecule has 0 saturated carbocycles. The molecule has 2 fully saturated rings. The SMILES string of the molecule is C=NC(=N/C=C/CC)N1CCC(COC2=CCC(C3=CCC(C(O)N4CCC(O)CC4)CC3)C=C2)CC1. The van der Waals surface area contributed by atoms with Crippen LogP contribution in [-0.2, 0) is 4.74 Å². The van der Waals surface area contributed by atoms with E-state index in [4.69, 9.17) is 4.74 Å². The lowest BCUT2D eigenvalue weighted by Gasteiger charge is -2.38. The van der Waals surface area contributed by atoms with E-state index in [1.807, 2.05) is 12.3 Å². The molecule has 7 nitrogen and oxygen atoms in total. The summed E-state index contributed by atoms with van der Waals surface area (Å²) in [7, 11) is 0. The lowest BCUT2D eigenvalue weighted by Crippen LogP contribution is -2.46. The van der Waals surface area contributed by atoms with Crippen molar-refractivity contribution in [2.75, 3.05) is 32.8 Å². The number of hydrogen-bond acceptors (Lipinski definition) is 5. The summed E-state index contributed by atoms with van der Waals surface area (Å²) in [5, 5.41) is 20.6. The van der Waals surface area contributed by atoms with E-state index < -0.39 is 0 Å². The molecule has 7 heteroatoms. The first-order valence-corrected chi connectivity index (χ1v) is 14.3. The number of ether oxygens (including phenoxy) is 1. The highest BCUT2D eigenvalue weighted by atomic mass is 16.5. The summed E-state index contributed by atoms with van der Waals surface area (Å²) >= 11 is 0. The molecule has 4 rings (SSSR count). The average molecular weight is 511 g/mol. The smallest absolute Gasteiger partial charge is 0.224 e. The fourth-order valence-electron chi connectivity index (χ4n) is 5.87. The van der Waals surface area contributed by atoms with Crippen molar-refractivity contribution in [1.82, 2.24) is 9.80 Å². The van der Waals surface area contributed by atoms with Gasteiger partial charge in [0.15, 0.2) is 0 Å². The molecule has 37 heavy (non-hydrogen) atoms. The van der Waals surface area contributed by atoms with Crippen molar-refractivity contribution >= 4 is 12.7 Å². The van der Waals surface area contributed by atoms with Crippen LogP contribution in [0.4, 0.5) is 0 Å². The summed E-state index contributed by atoms with van der Waals surface area (Å²) in [4.78, 5) is 12.9. The summed E-state index contributed by atoms with van der Waals surface area (Å²) in [5.41, 5.74) is 1.50. The maximum Gasteiger partial charge on any atom is 0.224 e. The van der Waals surface area contributed by atoms with Crippen molar-refractivity contribution in [2.24, 2.45) is 27.7 Å². The number of rotatable bonds is 8. The molecule has 0 amide bonds. The van der Waals surface area contributed by atoms with Crippen LogP contribution in [-0.4, -0.2) is 77.8 Å². The van der Waals surface area contributed by atoms with Crippen molar-refractivity contribution in [3.05, 3.63) is 47.9 Å². The van der Waals surface area contributed by atoms with Gasteiger partial charge in [0.1, 0.15) is 12.0 Å². The molecule has 0 aromatic heterocycles. The van der Waals surface area contributed by atoms with E-state index in [0.717, 1.165) is 102 Å². The monoisotopic (exact) mass is 510 g/mol. The quantitative estimate of drug-likeness (QED) is 0.282. The van der Waals surface area contributed by atoms with E-state index in [9.17, 15) is 10.2 Å². The minimum absolute atomic E-state index is 0.199. The molecule has 0 spiro atoms. The van der Waals surface area contributed by atoms with Gasteiger partial charge in [-0.2, -0.15) is 0 Å². The highest BCUT2D eigenvalue weighted by molar-refractivity contribution is 5.84. The Morgan fingerprint density at radius 1 is 1.14 bits per heavy atom. The maximum absolute atomic E-state index is 10.8. The fraction of sp³-hybridized carbons (Fsp3) is 0.667. The van der Waals surface area contributed by atoms with Gasteiger partial charge in [0.25, 0.3) is 0 Å². The predicted molar refractivity (Wildman–Crippen MR) is 150 cm³/mol. The van der Waals surface area contributed by atoms with Gasteiger partial charge in [-0.25, -0.2) is 9.98 Å². The third kappa shape index (κ3) is 7.88. The van der Waals surface area contributed by atoms with Crippen LogP contribution in [0.5, 0.6) is 0 Å². The number of likely N-dealkylation sites (tertiary alicyclic amines) is 2. The molecule has 2 heterocycles. The summed E-state index contributed by atoms with van der Waals surface area (Å²) in [6.07, 6.45) is 21.0. The third-order valence-electron chi connectivity index (χ3n) is 8.38. The Morgan fingerprint density at radius 2 is 1.92 bits per heavy atom. The molecule has 2 N–H and O–H groups in total. The Bertz CT molecular complexity index is 893. The van der Waals surface area contributed by atoms with Crippen molar-refractivity contribution in [3.8, 4) is 0 Å². The number of guanidine groups is 1. The molecule has 0 aromatic carbocycles. The van der Waals surface area contributed by atoms with Crippen molar-refractivity contribution in [2.45, 2.75) is 77.0 Å². The molecule has 204 valence electrons. The Kier molecular flexibility index (Phi) is 10.6. The number of hydrogen-bond donors (Lipinski definition) is 2. The maximum atomic E-state index is 10.8. The normalized spacial score (nSPS) is 27.8. The first-order chi connectivity index (χ1) is 18.1. The van der Waals surface area contributed by atoms with Gasteiger partial charge in [-0.05, 0) is 82.6 Å². The van der Waals surface area contributed by atoms with Gasteiger partial charge < -0.3 is 19.8 Å². The molecular formula is C30H46N4O3. The van der Waals surface area contributed by atoms with Gasteiger partial charge >= 0.3 is 0 Å². The van der Waals surface area contributed by atoms with Crippen LogP contribution < -0.4 is 0 Å². The van der Waals surface area contributed by atoms with Crippen LogP contribution in [0.2, 0.25) is 0 Å². The van der Waals surface area contributed by atoms with Gasteiger partial charge in [-0.1, -0.05) is 30.7 Å². The van der Waals surface area contributed by atoms with E-state index in [0.29, 0.717) is 17.8 Å². The molecule has 2 aliphatic heterocycles. The Morgan fingerprint density at radius 3 is 2.54 bits per heavy atom. The van der Waals surface area contributed by atoms with Crippen LogP contribution in [0.15, 0.2) is 57.9 Å². The zero-order valence-electron chi connectivity index (χ0n) is 22.5. The fourth-order valence-corrected chi connectivity index (χ4v) is 5.87. The van der Waals surface area contributed by atoms with Gasteiger partial charge in [0, 0.05) is 44.2 Å². The van der Waals surface area contributed by atoms with E-state index in [1.165, 1.54) is 5.57 Å². The topological polar surface area (TPSA) is 80.9 Å². The Labute approximate surface area is 223 Å². The van der Waals surface area contributed by atoms with E-state index in [1.54, 1.807) is 0 Å². The van der Waals surface area contributed by atoms with Crippen LogP contribution >= 0.6 is 0 Å². The Balaban J connectivity index is 1.16. The minimum atomic E-state index is -0.385. The zero-order valence-corrected chi connectivity index (χ0v) is 22.5. The van der Waals surface area contributed by atoms with Crippen LogP contribution in [0.25, 0.3) is 0 Å². The predicted octanol–water partition coefficient (Wildman–Crippen LogP) is 4.66. The highest BCUT2D eigenvalue weighted by Gasteiger charge is 2.31. The van der Waals surface area contributed by atoms with Crippen molar-refractivity contribution in [1.29, 1.82) is 0 Å². The summed E-state index contributed by atoms with van der Waals surface area (Å²) in [5.74, 6) is 3.01. The zero-order chi connectivity index (χ0) is 26.0. The largest absolute Gasteiger partial charge is 0.494 e. The second-order valence-corrected chi connectivity index (χ2v) is 10.9. The standard InChI is InChI=1S/C30H46N4O3/c1-3-4-17-32-30(31-2)34-18-13-23(14-19-34)22-37-28-11-9-25(10-12-28)24-5-7-26(8-6-24)29(36)33-20-15-27(35)16-21-33/h4-5,9,11-12,17,23,25-27,29,35-36H,2-3,6-8,10,13-16,18-22H2,1H3/b17-4+,32-30?. The molecule has 0 radical (unpaired) electrons. The number of aliphatic imine (C=N–C) groups is 2. The van der Waals surface area contributed by atoms with E-state index in [2.05, 4.69) is 57.7 Å². The van der Waals surface area contributed by atoms with Crippen LogP contribution in [0, 0.1) is 17.8 Å². The lowest BCUT2D eigenvalue weighted by molar-refractivity contribution is -0.0679. The first-order valence-electron chi connectivity index (χ1n) is 14.3. The molecule has 4 aliphatic rings. The van der Waals surface area contributed by atoms with Gasteiger partial charge in [-0.15, -0.1) is 0 Å². The number of piperidine rings is 2. The van der Waals surface area contributed by atoms with Gasteiger partial charge in [0.05, 0.1) is 12.7 Å². The third-order valence-corrected chi connectivity index (χ3v) is 8.38. The van der Waals surface area contributed by atoms with Crippen molar-refractivity contribution in [3.63, 3.8) is 0 Å². The van der Waals surface area contributed by atoms with Crippen LogP contribution in [0.3, 0.4) is 0 Å². The lowest BCUT2D eigenvalue weighted by atomic mass is 9.80. The molecule has 3 unspecified atom stereocenters. The van der Waals surface area contributed by atoms with Gasteiger partial charge in [0.2, 0.25) is 5.96 Å². The van der Waals surface area contributed by atoms with Gasteiger partial charge in [-0.3, -0.25) is 4.90 Å². The molecule has 0 aromatic rings. The highest BCUT2D eigenvalue weighted by Crippen LogP contribution is 2.35. The van der Waals surface area contributed by atoms with Crippen molar-refractivity contribution < 1.29 is 14.9 Å². The van der Waals surface area contributed by atoms with Crippen LogP contribution in [0.1, 0.15) is 64.7 Å². The number of allylic oxidation sites excluding steroid dienone is 6. The molecular weight excluding hydrogens is 464 g/mol. The first kappa shape index (κ1) is 27.8. The summed E-state index contributed by atoms with van der Waals surface area (Å²) in [6.45, 7) is 10.0.